The highest BCUT2D eigenvalue weighted by molar-refractivity contribution is 4.71. The minimum absolute atomic E-state index is 0. The van der Waals surface area contributed by atoms with Crippen molar-refractivity contribution in [3.8, 4) is 0 Å². The molecule has 2 nitrogen and oxygen atoms in total. The van der Waals surface area contributed by atoms with Gasteiger partial charge in [0.15, 0.2) is 0 Å². The van der Waals surface area contributed by atoms with Crippen LogP contribution >= 0.6 is 0 Å². The van der Waals surface area contributed by atoms with Crippen molar-refractivity contribution in [3.63, 3.8) is 0 Å². The number of hydrogen-bond donors (Lipinski definition) is 2. The van der Waals surface area contributed by atoms with Crippen LogP contribution in [0.25, 0.3) is 0 Å². The summed E-state index contributed by atoms with van der Waals surface area (Å²) in [6.07, 6.45) is 2.38. The van der Waals surface area contributed by atoms with Gasteiger partial charge in [0.1, 0.15) is 0 Å². The molecule has 0 aromatic rings. The topological polar surface area (TPSA) is 32.3 Å². The monoisotopic (exact) mass is 117 g/mol. The van der Waals surface area contributed by atoms with Crippen LogP contribution in [0.2, 0.25) is 0 Å². The summed E-state index contributed by atoms with van der Waals surface area (Å²) in [6.45, 7) is 1.39. The molecular formula is C6H15NO. The lowest BCUT2D eigenvalue weighted by Crippen LogP contribution is -2.24. The van der Waals surface area contributed by atoms with Gasteiger partial charge in [-0.05, 0) is 19.4 Å². The Morgan fingerprint density at radius 3 is 2.62 bits per heavy atom. The van der Waals surface area contributed by atoms with Gasteiger partial charge in [-0.3, -0.25) is 0 Å². The molecule has 2 heteroatoms. The highest BCUT2D eigenvalue weighted by Gasteiger charge is 2.10. The number of rotatable bonds is 1. The van der Waals surface area contributed by atoms with Gasteiger partial charge >= 0.3 is 0 Å². The molecule has 0 unspecified atom stereocenters. The van der Waals surface area contributed by atoms with Gasteiger partial charge in [-0.25, -0.2) is 0 Å². The van der Waals surface area contributed by atoms with Crippen LogP contribution in [0.4, 0.5) is 0 Å². The molecule has 1 fully saturated rings. The van der Waals surface area contributed by atoms with Crippen LogP contribution in [-0.4, -0.2) is 24.3 Å². The average Bonchev–Trinajstić information content (AvgIpc) is 2.14. The van der Waals surface area contributed by atoms with E-state index in [0.717, 1.165) is 13.0 Å². The van der Waals surface area contributed by atoms with Gasteiger partial charge < -0.3 is 10.4 Å². The average molecular weight is 117 g/mol. The molecular weight excluding hydrogens is 102 g/mol. The summed E-state index contributed by atoms with van der Waals surface area (Å²) in [5.74, 6) is 0. The molecule has 1 atom stereocenters. The van der Waals surface area contributed by atoms with E-state index in [-0.39, 0.29) is 7.43 Å². The predicted octanol–water partition coefficient (Wildman–Crippen LogP) is 0.367. The van der Waals surface area contributed by atoms with Gasteiger partial charge in [0.2, 0.25) is 0 Å². The van der Waals surface area contributed by atoms with E-state index in [1.807, 2.05) is 0 Å². The van der Waals surface area contributed by atoms with Crippen LogP contribution in [-0.2, 0) is 0 Å². The van der Waals surface area contributed by atoms with Crippen molar-refractivity contribution >= 4 is 0 Å². The zero-order valence-corrected chi connectivity index (χ0v) is 4.35. The van der Waals surface area contributed by atoms with E-state index < -0.39 is 0 Å². The minimum Gasteiger partial charge on any atom is -0.395 e. The fourth-order valence-electron chi connectivity index (χ4n) is 0.913. The summed E-state index contributed by atoms with van der Waals surface area (Å²) in [5.41, 5.74) is 0. The van der Waals surface area contributed by atoms with E-state index in [4.69, 9.17) is 5.11 Å². The summed E-state index contributed by atoms with van der Waals surface area (Å²) in [5, 5.41) is 11.7. The van der Waals surface area contributed by atoms with Gasteiger partial charge in [0.05, 0.1) is 6.61 Å². The molecule has 1 rings (SSSR count). The summed E-state index contributed by atoms with van der Waals surface area (Å²) >= 11 is 0. The first-order chi connectivity index (χ1) is 3.43. The second-order valence-corrected chi connectivity index (χ2v) is 1.98. The maximum atomic E-state index is 8.50. The number of nitrogens with one attached hydrogen (secondary N) is 1. The lowest BCUT2D eigenvalue weighted by atomic mass is 10.2. The van der Waals surface area contributed by atoms with Crippen LogP contribution in [0, 0.1) is 0 Å². The summed E-state index contributed by atoms with van der Waals surface area (Å²) < 4.78 is 0. The second-order valence-electron chi connectivity index (χ2n) is 1.98. The standard InChI is InChI=1S/C5H11NO.CH4/c7-4-5-2-1-3-6-5;/h5-7H,1-4H2;1H4/t5-;/m1./s1. The van der Waals surface area contributed by atoms with Crippen molar-refractivity contribution in [2.75, 3.05) is 13.2 Å². The molecule has 50 valence electrons. The Morgan fingerprint density at radius 2 is 2.38 bits per heavy atom. The van der Waals surface area contributed by atoms with Crippen molar-refractivity contribution in [2.45, 2.75) is 26.3 Å². The van der Waals surface area contributed by atoms with Crippen molar-refractivity contribution in [3.05, 3.63) is 0 Å². The number of hydrogen-bond acceptors (Lipinski definition) is 2. The van der Waals surface area contributed by atoms with Crippen LogP contribution in [0.1, 0.15) is 20.3 Å². The Bertz CT molecular complexity index is 50.5. The molecule has 8 heavy (non-hydrogen) atoms. The van der Waals surface area contributed by atoms with Crippen LogP contribution in [0.15, 0.2) is 0 Å². The molecule has 0 bridgehead atoms. The van der Waals surface area contributed by atoms with Crippen molar-refractivity contribution in [2.24, 2.45) is 0 Å². The molecule has 2 N–H and O–H groups in total. The van der Waals surface area contributed by atoms with Gasteiger partial charge in [0, 0.05) is 6.04 Å². The smallest absolute Gasteiger partial charge is 0.0584 e. The third-order valence-electron chi connectivity index (χ3n) is 1.38. The van der Waals surface area contributed by atoms with Gasteiger partial charge in [-0.1, -0.05) is 7.43 Å². The highest BCUT2D eigenvalue weighted by Crippen LogP contribution is 2.02. The zero-order valence-electron chi connectivity index (χ0n) is 4.35. The third-order valence-corrected chi connectivity index (χ3v) is 1.38. The van der Waals surface area contributed by atoms with Gasteiger partial charge in [-0.15, -0.1) is 0 Å². The lowest BCUT2D eigenvalue weighted by molar-refractivity contribution is 0.255. The minimum atomic E-state index is 0. The first-order valence-corrected chi connectivity index (χ1v) is 2.77. The maximum Gasteiger partial charge on any atom is 0.0584 e. The van der Waals surface area contributed by atoms with Crippen LogP contribution in [0.5, 0.6) is 0 Å². The second kappa shape index (κ2) is 3.87. The molecule has 1 saturated heterocycles. The highest BCUT2D eigenvalue weighted by atomic mass is 16.3. The molecule has 0 radical (unpaired) electrons. The van der Waals surface area contributed by atoms with Gasteiger partial charge in [0.25, 0.3) is 0 Å². The molecule has 1 aliphatic heterocycles. The Morgan fingerprint density at radius 1 is 1.62 bits per heavy atom. The van der Waals surface area contributed by atoms with Crippen molar-refractivity contribution in [1.29, 1.82) is 0 Å². The Hall–Kier alpha value is -0.0800. The summed E-state index contributed by atoms with van der Waals surface area (Å²) in [7, 11) is 0. The molecule has 0 spiro atoms. The first kappa shape index (κ1) is 7.92. The fraction of sp³-hybridized carbons (Fsp3) is 1.00. The maximum absolute atomic E-state index is 8.50. The van der Waals surface area contributed by atoms with Crippen LogP contribution < -0.4 is 5.32 Å². The Kier molecular flexibility index (Phi) is 3.83. The Labute approximate surface area is 50.9 Å². The molecule has 0 amide bonds. The lowest BCUT2D eigenvalue weighted by Gasteiger charge is -2.01. The molecule has 0 aliphatic carbocycles. The van der Waals surface area contributed by atoms with E-state index in [1.165, 1.54) is 6.42 Å². The SMILES string of the molecule is C.OC[C@H]1CCCN1. The summed E-state index contributed by atoms with van der Waals surface area (Å²) in [4.78, 5) is 0. The van der Waals surface area contributed by atoms with Crippen molar-refractivity contribution < 1.29 is 5.11 Å². The number of aliphatic hydroxyl groups is 1. The first-order valence-electron chi connectivity index (χ1n) is 2.77. The van der Waals surface area contributed by atoms with Crippen LogP contribution in [0.3, 0.4) is 0 Å². The normalized spacial score (nSPS) is 27.4. The van der Waals surface area contributed by atoms with Gasteiger partial charge in [-0.2, -0.15) is 0 Å². The zero-order chi connectivity index (χ0) is 5.11. The molecule has 0 aromatic heterocycles. The van der Waals surface area contributed by atoms with E-state index in [9.17, 15) is 0 Å². The van der Waals surface area contributed by atoms with E-state index >= 15 is 0 Å². The Balaban J connectivity index is 0.000000490. The predicted molar refractivity (Wildman–Crippen MR) is 34.8 cm³/mol. The van der Waals surface area contributed by atoms with E-state index in [0.29, 0.717) is 12.6 Å². The fourth-order valence-corrected chi connectivity index (χ4v) is 0.913. The molecule has 1 heterocycles. The quantitative estimate of drug-likeness (QED) is 0.520. The summed E-state index contributed by atoms with van der Waals surface area (Å²) in [6, 6.07) is 0.403. The molecule has 0 saturated carbocycles. The van der Waals surface area contributed by atoms with E-state index in [1.54, 1.807) is 0 Å². The molecule has 0 aromatic carbocycles. The third kappa shape index (κ3) is 1.80. The molecule has 1 aliphatic rings. The largest absolute Gasteiger partial charge is 0.395 e. The van der Waals surface area contributed by atoms with Crippen molar-refractivity contribution in [1.82, 2.24) is 5.32 Å². The van der Waals surface area contributed by atoms with E-state index in [2.05, 4.69) is 5.32 Å². The number of aliphatic hydroxyl groups excluding tert-OH is 1.